The number of thiophene rings is 1. The van der Waals surface area contributed by atoms with Crippen molar-refractivity contribution in [3.05, 3.63) is 64.7 Å². The zero-order chi connectivity index (χ0) is 18.6. The summed E-state index contributed by atoms with van der Waals surface area (Å²) >= 11 is 1.53. The molecule has 2 heterocycles. The maximum atomic E-state index is 13.0. The molecule has 2 atom stereocenters. The maximum absolute atomic E-state index is 13.0. The first kappa shape index (κ1) is 17.9. The normalized spacial score (nSPS) is 19.3. The quantitative estimate of drug-likeness (QED) is 0.678. The third-order valence-electron chi connectivity index (χ3n) is 4.91. The molecule has 1 aliphatic rings. The lowest BCUT2D eigenvalue weighted by molar-refractivity contribution is 0.0272. The van der Waals surface area contributed by atoms with Crippen molar-refractivity contribution in [1.29, 1.82) is 0 Å². The van der Waals surface area contributed by atoms with Crippen molar-refractivity contribution >= 4 is 17.2 Å². The maximum Gasteiger partial charge on any atom is 0.257 e. The Bertz CT molecular complexity index is 890. The number of aromatic nitrogens is 1. The molecule has 27 heavy (non-hydrogen) atoms. The second kappa shape index (κ2) is 8.06. The van der Waals surface area contributed by atoms with Gasteiger partial charge >= 0.3 is 0 Å². The van der Waals surface area contributed by atoms with Crippen LogP contribution in [-0.2, 0) is 11.3 Å². The highest BCUT2D eigenvalue weighted by atomic mass is 32.1. The third kappa shape index (κ3) is 3.96. The summed E-state index contributed by atoms with van der Waals surface area (Å²) in [5.41, 5.74) is 2.27. The first-order valence-electron chi connectivity index (χ1n) is 9.19. The van der Waals surface area contributed by atoms with Crippen LogP contribution in [0.15, 0.2) is 52.4 Å². The Morgan fingerprint density at radius 2 is 2.11 bits per heavy atom. The van der Waals surface area contributed by atoms with Gasteiger partial charge in [0.15, 0.2) is 5.76 Å². The van der Waals surface area contributed by atoms with Gasteiger partial charge in [0.05, 0.1) is 29.3 Å². The van der Waals surface area contributed by atoms with E-state index in [2.05, 4.69) is 22.6 Å². The Kier molecular flexibility index (Phi) is 5.36. The Hall–Kier alpha value is -2.44. The Labute approximate surface area is 162 Å². The molecule has 0 bridgehead atoms. The van der Waals surface area contributed by atoms with Crippen LogP contribution >= 0.6 is 11.3 Å². The summed E-state index contributed by atoms with van der Waals surface area (Å²) in [5.74, 6) is 0.400. The number of ether oxygens (including phenoxy) is 1. The minimum Gasteiger partial charge on any atom is -0.371 e. The van der Waals surface area contributed by atoms with E-state index in [1.165, 1.54) is 11.3 Å². The van der Waals surface area contributed by atoms with Crippen LogP contribution in [0.5, 0.6) is 0 Å². The van der Waals surface area contributed by atoms with Crippen molar-refractivity contribution in [2.75, 3.05) is 0 Å². The molecule has 1 aromatic carbocycles. The highest BCUT2D eigenvalue weighted by Crippen LogP contribution is 2.31. The molecular formula is C21H22N2O3S. The predicted octanol–water partition coefficient (Wildman–Crippen LogP) is 4.58. The first-order chi connectivity index (χ1) is 13.2. The predicted molar refractivity (Wildman–Crippen MR) is 105 cm³/mol. The van der Waals surface area contributed by atoms with Gasteiger partial charge in [-0.1, -0.05) is 41.6 Å². The molecule has 0 radical (unpaired) electrons. The van der Waals surface area contributed by atoms with Crippen LogP contribution in [0.4, 0.5) is 0 Å². The van der Waals surface area contributed by atoms with Gasteiger partial charge in [-0.25, -0.2) is 0 Å². The van der Waals surface area contributed by atoms with Gasteiger partial charge in [-0.3, -0.25) is 4.79 Å². The number of benzene rings is 1. The smallest absolute Gasteiger partial charge is 0.257 e. The van der Waals surface area contributed by atoms with Crippen molar-refractivity contribution in [3.8, 4) is 10.6 Å². The van der Waals surface area contributed by atoms with E-state index in [0.29, 0.717) is 23.6 Å². The topological polar surface area (TPSA) is 64.4 Å². The molecule has 0 spiro atoms. The van der Waals surface area contributed by atoms with Gasteiger partial charge in [0.25, 0.3) is 5.91 Å². The summed E-state index contributed by atoms with van der Waals surface area (Å²) in [4.78, 5) is 13.9. The highest BCUT2D eigenvalue weighted by Gasteiger charge is 2.32. The number of amides is 1. The van der Waals surface area contributed by atoms with Gasteiger partial charge in [-0.15, -0.1) is 11.3 Å². The number of hydrogen-bond acceptors (Lipinski definition) is 5. The number of carbonyl (C=O) groups is 1. The zero-order valence-corrected chi connectivity index (χ0v) is 16.0. The molecule has 3 aromatic rings. The van der Waals surface area contributed by atoms with Crippen LogP contribution in [-0.4, -0.2) is 23.2 Å². The van der Waals surface area contributed by atoms with Gasteiger partial charge in [0.1, 0.15) is 5.56 Å². The van der Waals surface area contributed by atoms with Gasteiger partial charge in [-0.05, 0) is 43.2 Å². The molecule has 1 amide bonds. The van der Waals surface area contributed by atoms with E-state index >= 15 is 0 Å². The van der Waals surface area contributed by atoms with E-state index < -0.39 is 0 Å². The monoisotopic (exact) mass is 382 g/mol. The zero-order valence-electron chi connectivity index (χ0n) is 15.2. The molecule has 6 heteroatoms. The van der Waals surface area contributed by atoms with Gasteiger partial charge in [-0.2, -0.15) is 0 Å². The second-order valence-corrected chi connectivity index (χ2v) is 7.74. The van der Waals surface area contributed by atoms with Crippen LogP contribution < -0.4 is 5.32 Å². The number of rotatable bonds is 6. The average Bonchev–Trinajstić information content (AvgIpc) is 3.41. The third-order valence-corrected chi connectivity index (χ3v) is 5.78. The molecule has 5 nitrogen and oxygen atoms in total. The van der Waals surface area contributed by atoms with Crippen molar-refractivity contribution < 1.29 is 14.1 Å². The summed E-state index contributed by atoms with van der Waals surface area (Å²) in [7, 11) is 0. The highest BCUT2D eigenvalue weighted by molar-refractivity contribution is 7.13. The molecule has 2 aromatic heterocycles. The number of hydrogen-bond donors (Lipinski definition) is 1. The van der Waals surface area contributed by atoms with Gasteiger partial charge in [0, 0.05) is 0 Å². The van der Waals surface area contributed by atoms with Crippen LogP contribution in [0.1, 0.15) is 40.9 Å². The molecule has 1 N–H and O–H groups in total. The van der Waals surface area contributed by atoms with Gasteiger partial charge < -0.3 is 14.6 Å². The number of aryl methyl sites for hydroxylation is 1. The fourth-order valence-electron chi connectivity index (χ4n) is 3.52. The Balaban J connectivity index is 1.44. The molecule has 0 saturated heterocycles. The molecule has 1 aliphatic carbocycles. The molecular weight excluding hydrogens is 360 g/mol. The summed E-state index contributed by atoms with van der Waals surface area (Å²) in [6, 6.07) is 14.0. The lowest BCUT2D eigenvalue weighted by Crippen LogP contribution is -2.41. The van der Waals surface area contributed by atoms with Crippen molar-refractivity contribution in [2.45, 2.75) is 44.9 Å². The van der Waals surface area contributed by atoms with E-state index in [0.717, 1.165) is 29.7 Å². The minimum absolute atomic E-state index is 0.00620. The standard InChI is InChI=1S/C21H22N2O3S/c1-14-19(20(26-23-14)18-11-6-12-27-18)21(24)22-16-9-5-10-17(16)25-13-15-7-3-2-4-8-15/h2-4,6-8,11-12,16-17H,5,9-10,13H2,1H3,(H,22,24)/t16-,17-/m0/s1. The van der Waals surface area contributed by atoms with Crippen LogP contribution in [0, 0.1) is 6.92 Å². The van der Waals surface area contributed by atoms with E-state index in [1.54, 1.807) is 6.92 Å². The Morgan fingerprint density at radius 3 is 2.89 bits per heavy atom. The number of carbonyl (C=O) groups excluding carboxylic acids is 1. The fraction of sp³-hybridized carbons (Fsp3) is 0.333. The second-order valence-electron chi connectivity index (χ2n) is 6.80. The van der Waals surface area contributed by atoms with Crippen molar-refractivity contribution in [3.63, 3.8) is 0 Å². The molecule has 140 valence electrons. The summed E-state index contributed by atoms with van der Waals surface area (Å²) in [5, 5.41) is 9.11. The van der Waals surface area contributed by atoms with E-state index in [9.17, 15) is 4.79 Å². The van der Waals surface area contributed by atoms with Gasteiger partial charge in [0.2, 0.25) is 0 Å². The van der Waals surface area contributed by atoms with Crippen molar-refractivity contribution in [2.24, 2.45) is 0 Å². The lowest BCUT2D eigenvalue weighted by Gasteiger charge is -2.21. The van der Waals surface area contributed by atoms with Crippen LogP contribution in [0.25, 0.3) is 10.6 Å². The average molecular weight is 382 g/mol. The Morgan fingerprint density at radius 1 is 1.26 bits per heavy atom. The summed E-state index contributed by atoms with van der Waals surface area (Å²) in [6.45, 7) is 2.36. The molecule has 1 fully saturated rings. The van der Waals surface area contributed by atoms with Crippen LogP contribution in [0.3, 0.4) is 0 Å². The van der Waals surface area contributed by atoms with E-state index in [1.807, 2.05) is 35.7 Å². The minimum atomic E-state index is -0.141. The number of nitrogens with one attached hydrogen (secondary N) is 1. The largest absolute Gasteiger partial charge is 0.371 e. The fourth-order valence-corrected chi connectivity index (χ4v) is 4.23. The number of nitrogens with zero attached hydrogens (tertiary/aromatic N) is 1. The molecule has 4 rings (SSSR count). The molecule has 0 aliphatic heterocycles. The SMILES string of the molecule is Cc1noc(-c2cccs2)c1C(=O)N[C@H]1CCC[C@@H]1OCc1ccccc1. The molecule has 1 saturated carbocycles. The van der Waals surface area contributed by atoms with E-state index in [-0.39, 0.29) is 18.1 Å². The van der Waals surface area contributed by atoms with Crippen LogP contribution in [0.2, 0.25) is 0 Å². The summed E-state index contributed by atoms with van der Waals surface area (Å²) < 4.78 is 11.5. The lowest BCUT2D eigenvalue weighted by atomic mass is 10.1. The van der Waals surface area contributed by atoms with Crippen molar-refractivity contribution in [1.82, 2.24) is 10.5 Å². The molecule has 0 unspecified atom stereocenters. The first-order valence-corrected chi connectivity index (χ1v) is 10.1. The summed E-state index contributed by atoms with van der Waals surface area (Å²) in [6.07, 6.45) is 2.95. The van der Waals surface area contributed by atoms with E-state index in [4.69, 9.17) is 9.26 Å².